The van der Waals surface area contributed by atoms with Crippen molar-refractivity contribution in [3.8, 4) is 0 Å². The lowest BCUT2D eigenvalue weighted by atomic mass is 9.86. The molecule has 0 aliphatic heterocycles. The normalized spacial score (nSPS) is 12.6. The van der Waals surface area contributed by atoms with Crippen LogP contribution in [0.3, 0.4) is 0 Å². The topological polar surface area (TPSA) is 12.0 Å². The first-order chi connectivity index (χ1) is 8.27. The van der Waals surface area contributed by atoms with Crippen LogP contribution < -0.4 is 5.32 Å². The van der Waals surface area contributed by atoms with Crippen LogP contribution in [0.4, 0.5) is 0 Å². The maximum Gasteiger partial charge on any atom is 0.0300 e. The zero-order valence-corrected chi connectivity index (χ0v) is 13.0. The molecule has 1 rings (SSSR count). The molecule has 0 heterocycles. The summed E-state index contributed by atoms with van der Waals surface area (Å²) >= 11 is 0. The molecule has 1 aromatic carbocycles. The fourth-order valence-corrected chi connectivity index (χ4v) is 2.61. The first-order valence-electron chi connectivity index (χ1n) is 6.72. The van der Waals surface area contributed by atoms with Crippen LogP contribution >= 0.6 is 0 Å². The van der Waals surface area contributed by atoms with Crippen molar-refractivity contribution in [2.45, 2.75) is 54.5 Å². The molecule has 1 N–H and O–H groups in total. The maximum atomic E-state index is 3.95. The minimum atomic E-state index is 0.375. The molecule has 0 saturated carbocycles. The molecule has 0 radical (unpaired) electrons. The number of rotatable bonds is 4. The van der Waals surface area contributed by atoms with Crippen molar-refractivity contribution in [2.75, 3.05) is 6.54 Å². The van der Waals surface area contributed by atoms with E-state index >= 15 is 0 Å². The largest absolute Gasteiger partial charge is 0.306 e. The first-order valence-corrected chi connectivity index (χ1v) is 6.72. The summed E-state index contributed by atoms with van der Waals surface area (Å²) in [6, 6.07) is 0.375. The molecule has 0 aliphatic carbocycles. The predicted molar refractivity (Wildman–Crippen MR) is 81.4 cm³/mol. The summed E-state index contributed by atoms with van der Waals surface area (Å²) in [5.41, 5.74) is 9.78. The third-order valence-corrected chi connectivity index (χ3v) is 4.20. The number of hydrogen-bond acceptors (Lipinski definition) is 1. The summed E-state index contributed by atoms with van der Waals surface area (Å²) in [6.07, 6.45) is 0. The second-order valence-corrected chi connectivity index (χ2v) is 5.60. The van der Waals surface area contributed by atoms with E-state index in [2.05, 4.69) is 60.4 Å². The lowest BCUT2D eigenvalue weighted by molar-refractivity contribution is 0.600. The van der Waals surface area contributed by atoms with E-state index in [4.69, 9.17) is 0 Å². The summed E-state index contributed by atoms with van der Waals surface area (Å²) in [4.78, 5) is 0. The van der Waals surface area contributed by atoms with E-state index in [1.165, 1.54) is 39.0 Å². The Labute approximate surface area is 112 Å². The molecule has 100 valence electrons. The Kier molecular flexibility index (Phi) is 4.75. The Bertz CT molecular complexity index is 440. The van der Waals surface area contributed by atoms with Crippen LogP contribution in [0, 0.1) is 34.6 Å². The molecule has 0 aliphatic rings. The van der Waals surface area contributed by atoms with Gasteiger partial charge in [-0.2, -0.15) is 0 Å². The van der Waals surface area contributed by atoms with Crippen molar-refractivity contribution in [2.24, 2.45) is 0 Å². The Morgan fingerprint density at radius 1 is 0.944 bits per heavy atom. The van der Waals surface area contributed by atoms with Crippen LogP contribution in [0.2, 0.25) is 0 Å². The molecular formula is C17H27N. The summed E-state index contributed by atoms with van der Waals surface area (Å²) < 4.78 is 0. The van der Waals surface area contributed by atoms with Gasteiger partial charge in [0.15, 0.2) is 0 Å². The monoisotopic (exact) mass is 245 g/mol. The predicted octanol–water partition coefficient (Wildman–Crippen LogP) is 4.46. The molecule has 1 atom stereocenters. The number of hydrogen-bond donors (Lipinski definition) is 1. The minimum absolute atomic E-state index is 0.375. The molecule has 0 spiro atoms. The summed E-state index contributed by atoms with van der Waals surface area (Å²) in [6.45, 7) is 20.3. The zero-order valence-electron chi connectivity index (χ0n) is 13.0. The number of nitrogens with one attached hydrogen (secondary N) is 1. The molecule has 1 nitrogen and oxygen atoms in total. The summed E-state index contributed by atoms with van der Waals surface area (Å²) in [7, 11) is 0. The lowest BCUT2D eigenvalue weighted by Crippen LogP contribution is -2.22. The summed E-state index contributed by atoms with van der Waals surface area (Å²) in [5.74, 6) is 0. The molecular weight excluding hydrogens is 218 g/mol. The molecule has 0 aromatic heterocycles. The van der Waals surface area contributed by atoms with Crippen LogP contribution in [0.5, 0.6) is 0 Å². The maximum absolute atomic E-state index is 3.95. The summed E-state index contributed by atoms with van der Waals surface area (Å²) in [5, 5.41) is 3.55. The van der Waals surface area contributed by atoms with E-state index in [1.54, 1.807) is 0 Å². The lowest BCUT2D eigenvalue weighted by Gasteiger charge is -2.24. The quantitative estimate of drug-likeness (QED) is 0.772. The van der Waals surface area contributed by atoms with Crippen molar-refractivity contribution in [1.29, 1.82) is 0 Å². The smallest absolute Gasteiger partial charge is 0.0300 e. The van der Waals surface area contributed by atoms with Crippen molar-refractivity contribution in [3.63, 3.8) is 0 Å². The highest BCUT2D eigenvalue weighted by Crippen LogP contribution is 2.30. The Morgan fingerprint density at radius 2 is 1.33 bits per heavy atom. The van der Waals surface area contributed by atoms with Crippen molar-refractivity contribution in [3.05, 3.63) is 45.5 Å². The third-order valence-electron chi connectivity index (χ3n) is 4.20. The Morgan fingerprint density at radius 3 is 1.72 bits per heavy atom. The molecule has 0 bridgehead atoms. The minimum Gasteiger partial charge on any atom is -0.306 e. The molecule has 1 aromatic rings. The van der Waals surface area contributed by atoms with E-state index in [0.717, 1.165) is 6.54 Å². The van der Waals surface area contributed by atoms with Gasteiger partial charge in [-0.25, -0.2) is 0 Å². The molecule has 0 fully saturated rings. The van der Waals surface area contributed by atoms with Crippen LogP contribution in [0.15, 0.2) is 12.2 Å². The molecule has 0 saturated heterocycles. The van der Waals surface area contributed by atoms with E-state index in [0.29, 0.717) is 6.04 Å². The van der Waals surface area contributed by atoms with E-state index < -0.39 is 0 Å². The van der Waals surface area contributed by atoms with E-state index in [-0.39, 0.29) is 0 Å². The standard InChI is InChI=1S/C17H27N/c1-10(2)9-18-16(8)17-14(6)12(4)11(3)13(5)15(17)7/h16,18H,1,9H2,2-8H3. The number of benzene rings is 1. The van der Waals surface area contributed by atoms with Gasteiger partial charge < -0.3 is 5.32 Å². The molecule has 1 unspecified atom stereocenters. The van der Waals surface area contributed by atoms with E-state index in [9.17, 15) is 0 Å². The fourth-order valence-electron chi connectivity index (χ4n) is 2.61. The van der Waals surface area contributed by atoms with Crippen LogP contribution in [-0.4, -0.2) is 6.54 Å². The van der Waals surface area contributed by atoms with Gasteiger partial charge in [-0.3, -0.25) is 0 Å². The average molecular weight is 245 g/mol. The highest BCUT2D eigenvalue weighted by molar-refractivity contribution is 5.50. The molecule has 1 heteroatoms. The van der Waals surface area contributed by atoms with Crippen LogP contribution in [0.1, 0.15) is 53.3 Å². The average Bonchev–Trinajstić information content (AvgIpc) is 2.31. The second-order valence-electron chi connectivity index (χ2n) is 5.60. The van der Waals surface area contributed by atoms with Crippen LogP contribution in [0.25, 0.3) is 0 Å². The van der Waals surface area contributed by atoms with Crippen molar-refractivity contribution < 1.29 is 0 Å². The van der Waals surface area contributed by atoms with Crippen molar-refractivity contribution in [1.82, 2.24) is 5.32 Å². The van der Waals surface area contributed by atoms with Crippen molar-refractivity contribution >= 4 is 0 Å². The van der Waals surface area contributed by atoms with Gasteiger partial charge in [0.05, 0.1) is 0 Å². The van der Waals surface area contributed by atoms with Gasteiger partial charge in [-0.15, -0.1) is 0 Å². The van der Waals surface area contributed by atoms with Crippen LogP contribution in [-0.2, 0) is 0 Å². The SMILES string of the molecule is C=C(C)CNC(C)c1c(C)c(C)c(C)c(C)c1C. The van der Waals surface area contributed by atoms with Gasteiger partial charge in [0.25, 0.3) is 0 Å². The van der Waals surface area contributed by atoms with Gasteiger partial charge in [0, 0.05) is 12.6 Å². The van der Waals surface area contributed by atoms with Gasteiger partial charge in [0.1, 0.15) is 0 Å². The molecule has 0 amide bonds. The van der Waals surface area contributed by atoms with Gasteiger partial charge in [-0.1, -0.05) is 12.2 Å². The second kappa shape index (κ2) is 5.71. The van der Waals surface area contributed by atoms with E-state index in [1.807, 2.05) is 0 Å². The zero-order chi connectivity index (χ0) is 14.0. The molecule has 18 heavy (non-hydrogen) atoms. The first kappa shape index (κ1) is 15.0. The Hall–Kier alpha value is -1.08. The fraction of sp³-hybridized carbons (Fsp3) is 0.529. The third kappa shape index (κ3) is 2.84. The highest BCUT2D eigenvalue weighted by atomic mass is 14.9. The Balaban J connectivity index is 3.20. The van der Waals surface area contributed by atoms with Gasteiger partial charge >= 0.3 is 0 Å². The van der Waals surface area contributed by atoms with Gasteiger partial charge in [0.2, 0.25) is 0 Å². The van der Waals surface area contributed by atoms with Gasteiger partial charge in [-0.05, 0) is 81.8 Å². The highest BCUT2D eigenvalue weighted by Gasteiger charge is 2.16.